The molecule has 3 amide bonds. The number of likely N-dealkylation sites (tertiary alicyclic amines) is 1. The first kappa shape index (κ1) is 18.4. The summed E-state index contributed by atoms with van der Waals surface area (Å²) in [7, 11) is 0. The molecule has 24 heavy (non-hydrogen) atoms. The zero-order valence-electron chi connectivity index (χ0n) is 14.5. The summed E-state index contributed by atoms with van der Waals surface area (Å²) in [5.41, 5.74) is 2.90. The fourth-order valence-corrected chi connectivity index (χ4v) is 3.08. The summed E-state index contributed by atoms with van der Waals surface area (Å²) in [6, 6.07) is 5.33. The zero-order chi connectivity index (χ0) is 17.5. The number of benzene rings is 1. The van der Waals surface area contributed by atoms with Gasteiger partial charge in [-0.15, -0.1) is 0 Å². The van der Waals surface area contributed by atoms with E-state index in [2.05, 4.69) is 15.5 Å². The lowest BCUT2D eigenvalue weighted by Crippen LogP contribution is -2.47. The van der Waals surface area contributed by atoms with Gasteiger partial charge in [-0.3, -0.25) is 15.0 Å². The van der Waals surface area contributed by atoms with E-state index in [4.69, 9.17) is 5.11 Å². The van der Waals surface area contributed by atoms with Crippen LogP contribution in [0, 0.1) is 13.8 Å². The normalized spacial score (nSPS) is 18.2. The highest BCUT2D eigenvalue weighted by Gasteiger charge is 2.24. The quantitative estimate of drug-likeness (QED) is 0.771. The predicted molar refractivity (Wildman–Crippen MR) is 94.0 cm³/mol. The fraction of sp³-hybridized carbons (Fsp3) is 0.556. The lowest BCUT2D eigenvalue weighted by Gasteiger charge is -2.34. The molecule has 1 aliphatic rings. The minimum absolute atomic E-state index is 0.121. The van der Waals surface area contributed by atoms with E-state index in [0.717, 1.165) is 36.9 Å². The number of aliphatic hydroxyl groups is 1. The average molecular weight is 333 g/mol. The summed E-state index contributed by atoms with van der Waals surface area (Å²) in [5.74, 6) is -0.318. The molecule has 132 valence electrons. The summed E-state index contributed by atoms with van der Waals surface area (Å²) in [4.78, 5) is 26.1. The molecule has 0 radical (unpaired) electrons. The van der Waals surface area contributed by atoms with Crippen LogP contribution >= 0.6 is 0 Å². The number of amides is 3. The minimum Gasteiger partial charge on any atom is -0.396 e. The molecular weight excluding hydrogens is 306 g/mol. The number of nitrogens with zero attached hydrogens (tertiary/aromatic N) is 1. The number of nitrogens with one attached hydrogen (secondary N) is 2. The van der Waals surface area contributed by atoms with E-state index in [1.54, 1.807) is 0 Å². The van der Waals surface area contributed by atoms with Crippen molar-refractivity contribution in [1.82, 2.24) is 10.2 Å². The van der Waals surface area contributed by atoms with Gasteiger partial charge in [0.15, 0.2) is 0 Å². The molecule has 1 fully saturated rings. The van der Waals surface area contributed by atoms with E-state index < -0.39 is 6.03 Å². The third-order valence-electron chi connectivity index (χ3n) is 4.58. The van der Waals surface area contributed by atoms with Crippen molar-refractivity contribution in [3.8, 4) is 0 Å². The second kappa shape index (κ2) is 8.80. The highest BCUT2D eigenvalue weighted by molar-refractivity contribution is 6.01. The molecular formula is C18H27N3O3. The van der Waals surface area contributed by atoms with E-state index in [1.165, 1.54) is 0 Å². The van der Waals surface area contributed by atoms with Crippen LogP contribution in [0.4, 0.5) is 10.5 Å². The smallest absolute Gasteiger partial charge is 0.325 e. The number of aryl methyl sites for hydroxylation is 2. The predicted octanol–water partition coefficient (Wildman–Crippen LogP) is 2.19. The van der Waals surface area contributed by atoms with Crippen molar-refractivity contribution >= 4 is 17.6 Å². The van der Waals surface area contributed by atoms with Gasteiger partial charge in [0.1, 0.15) is 0 Å². The summed E-state index contributed by atoms with van der Waals surface area (Å²) in [6.45, 7) is 5.11. The van der Waals surface area contributed by atoms with Crippen LogP contribution in [0.25, 0.3) is 0 Å². The van der Waals surface area contributed by atoms with Crippen molar-refractivity contribution in [2.24, 2.45) is 0 Å². The number of carbonyl (C=O) groups is 2. The van der Waals surface area contributed by atoms with E-state index in [0.29, 0.717) is 12.1 Å². The molecule has 1 saturated heterocycles. The van der Waals surface area contributed by atoms with Gasteiger partial charge in [-0.25, -0.2) is 4.79 Å². The molecule has 2 rings (SSSR count). The summed E-state index contributed by atoms with van der Waals surface area (Å²) in [6.07, 6.45) is 3.82. The van der Waals surface area contributed by atoms with E-state index >= 15 is 0 Å². The Morgan fingerprint density at radius 3 is 2.75 bits per heavy atom. The lowest BCUT2D eigenvalue weighted by atomic mass is 10.00. The van der Waals surface area contributed by atoms with Gasteiger partial charge < -0.3 is 10.4 Å². The Hall–Kier alpha value is -1.92. The molecule has 0 saturated carbocycles. The Balaban J connectivity index is 1.84. The van der Waals surface area contributed by atoms with Gasteiger partial charge in [-0.2, -0.15) is 0 Å². The molecule has 1 heterocycles. The van der Waals surface area contributed by atoms with Crippen LogP contribution in [0.15, 0.2) is 18.2 Å². The summed E-state index contributed by atoms with van der Waals surface area (Å²) >= 11 is 0. The first-order chi connectivity index (χ1) is 11.5. The molecule has 1 aromatic carbocycles. The molecule has 1 unspecified atom stereocenters. The molecule has 0 aliphatic carbocycles. The van der Waals surface area contributed by atoms with Crippen LogP contribution in [0.3, 0.4) is 0 Å². The monoisotopic (exact) mass is 333 g/mol. The minimum atomic E-state index is -0.515. The molecule has 3 N–H and O–H groups in total. The molecule has 1 aromatic rings. The van der Waals surface area contributed by atoms with Crippen LogP contribution < -0.4 is 10.6 Å². The first-order valence-corrected chi connectivity index (χ1v) is 8.52. The number of aliphatic hydroxyl groups excluding tert-OH is 1. The van der Waals surface area contributed by atoms with Crippen LogP contribution in [-0.4, -0.2) is 47.7 Å². The summed E-state index contributed by atoms with van der Waals surface area (Å²) in [5, 5.41) is 14.2. The standard InChI is InChI=1S/C18H27N3O3/c1-13-6-7-15(11-14(13)2)19-18(24)20-17(23)12-21-9-4-3-5-16(21)8-10-22/h6-7,11,16,22H,3-5,8-10,12H2,1-2H3,(H2,19,20,23,24). The Morgan fingerprint density at radius 2 is 2.04 bits per heavy atom. The number of rotatable bonds is 5. The van der Waals surface area contributed by atoms with Gasteiger partial charge in [0.2, 0.25) is 5.91 Å². The number of piperidine rings is 1. The number of anilines is 1. The fourth-order valence-electron chi connectivity index (χ4n) is 3.08. The molecule has 6 heteroatoms. The average Bonchev–Trinajstić information content (AvgIpc) is 2.53. The number of hydrogen-bond acceptors (Lipinski definition) is 4. The SMILES string of the molecule is Cc1ccc(NC(=O)NC(=O)CN2CCCCC2CCO)cc1C. The number of carbonyl (C=O) groups excluding carboxylic acids is 2. The van der Waals surface area contributed by atoms with Gasteiger partial charge in [-0.05, 0) is 62.9 Å². The molecule has 1 atom stereocenters. The third-order valence-corrected chi connectivity index (χ3v) is 4.58. The second-order valence-electron chi connectivity index (χ2n) is 6.43. The van der Waals surface area contributed by atoms with Gasteiger partial charge in [0.05, 0.1) is 6.54 Å². The van der Waals surface area contributed by atoms with Crippen LogP contribution in [0.2, 0.25) is 0 Å². The van der Waals surface area contributed by atoms with Gasteiger partial charge >= 0.3 is 6.03 Å². The third kappa shape index (κ3) is 5.32. The van der Waals surface area contributed by atoms with E-state index in [1.807, 2.05) is 32.0 Å². The number of hydrogen-bond donors (Lipinski definition) is 3. The van der Waals surface area contributed by atoms with Crippen molar-refractivity contribution in [1.29, 1.82) is 0 Å². The molecule has 6 nitrogen and oxygen atoms in total. The molecule has 1 aliphatic heterocycles. The number of urea groups is 1. The van der Waals surface area contributed by atoms with Crippen molar-refractivity contribution in [3.05, 3.63) is 29.3 Å². The van der Waals surface area contributed by atoms with Gasteiger partial charge in [-0.1, -0.05) is 12.5 Å². The maximum absolute atomic E-state index is 12.1. The lowest BCUT2D eigenvalue weighted by molar-refractivity contribution is -0.122. The zero-order valence-corrected chi connectivity index (χ0v) is 14.5. The van der Waals surface area contributed by atoms with Crippen LogP contribution in [0.1, 0.15) is 36.8 Å². The number of imide groups is 1. The Bertz CT molecular complexity index is 587. The topological polar surface area (TPSA) is 81.7 Å². The maximum atomic E-state index is 12.1. The second-order valence-corrected chi connectivity index (χ2v) is 6.43. The van der Waals surface area contributed by atoms with Crippen molar-refractivity contribution in [2.75, 3.05) is 25.0 Å². The molecule has 0 aromatic heterocycles. The van der Waals surface area contributed by atoms with Crippen molar-refractivity contribution in [2.45, 2.75) is 45.6 Å². The highest BCUT2D eigenvalue weighted by Crippen LogP contribution is 2.19. The Morgan fingerprint density at radius 1 is 1.25 bits per heavy atom. The molecule has 0 spiro atoms. The maximum Gasteiger partial charge on any atom is 0.325 e. The van der Waals surface area contributed by atoms with E-state index in [9.17, 15) is 9.59 Å². The Labute approximate surface area is 143 Å². The van der Waals surface area contributed by atoms with Crippen LogP contribution in [-0.2, 0) is 4.79 Å². The van der Waals surface area contributed by atoms with Crippen molar-refractivity contribution in [3.63, 3.8) is 0 Å². The molecule has 0 bridgehead atoms. The Kier molecular flexibility index (Phi) is 6.75. The van der Waals surface area contributed by atoms with Crippen LogP contribution in [0.5, 0.6) is 0 Å². The van der Waals surface area contributed by atoms with Gasteiger partial charge in [0, 0.05) is 18.3 Å². The summed E-state index contributed by atoms with van der Waals surface area (Å²) < 4.78 is 0. The van der Waals surface area contributed by atoms with Gasteiger partial charge in [0.25, 0.3) is 0 Å². The van der Waals surface area contributed by atoms with E-state index in [-0.39, 0.29) is 25.1 Å². The highest BCUT2D eigenvalue weighted by atomic mass is 16.3. The largest absolute Gasteiger partial charge is 0.396 e. The first-order valence-electron chi connectivity index (χ1n) is 8.52. The van der Waals surface area contributed by atoms with Crippen molar-refractivity contribution < 1.29 is 14.7 Å².